The third-order valence-electron chi connectivity index (χ3n) is 4.65. The van der Waals surface area contributed by atoms with Crippen LogP contribution in [-0.2, 0) is 11.1 Å². The van der Waals surface area contributed by atoms with Crippen molar-refractivity contribution in [3.05, 3.63) is 71.6 Å². The third kappa shape index (κ3) is 3.91. The summed E-state index contributed by atoms with van der Waals surface area (Å²) in [7, 11) is 0. The van der Waals surface area contributed by atoms with Gasteiger partial charge >= 0.3 is 29.6 Å². The summed E-state index contributed by atoms with van der Waals surface area (Å²) in [4.78, 5) is 4.55. The van der Waals surface area contributed by atoms with Gasteiger partial charge in [0, 0.05) is 34.0 Å². The van der Waals surface area contributed by atoms with Crippen molar-refractivity contribution in [3.8, 4) is 22.4 Å². The van der Waals surface area contributed by atoms with Crippen LogP contribution in [0.2, 0.25) is 0 Å². The number of nitrogens with zero attached hydrogens (tertiary/aromatic N) is 3. The molecule has 1 unspecified atom stereocenters. The second-order valence-corrected chi connectivity index (χ2v) is 7.31. The van der Waals surface area contributed by atoms with Gasteiger partial charge in [-0.25, -0.2) is 18.3 Å². The van der Waals surface area contributed by atoms with Gasteiger partial charge in [-0.05, 0) is 54.8 Å². The number of rotatable bonds is 3. The minimum Gasteiger partial charge on any atom is -0.768 e. The van der Waals surface area contributed by atoms with Gasteiger partial charge in [-0.2, -0.15) is 5.10 Å². The van der Waals surface area contributed by atoms with E-state index in [-0.39, 0.29) is 40.0 Å². The zero-order valence-corrected chi connectivity index (χ0v) is 18.8. The van der Waals surface area contributed by atoms with Gasteiger partial charge in [0.05, 0.1) is 5.56 Å². The Bertz CT molecular complexity index is 1240. The van der Waals surface area contributed by atoms with Crippen molar-refractivity contribution in [2.45, 2.75) is 18.7 Å². The summed E-state index contributed by atoms with van der Waals surface area (Å²) in [5, 5.41) is 4.60. The Kier molecular flexibility index (Phi) is 6.30. The van der Waals surface area contributed by atoms with E-state index >= 15 is 0 Å². The summed E-state index contributed by atoms with van der Waals surface area (Å²) in [5.74, 6) is -1.41. The molecule has 2 aromatic carbocycles. The van der Waals surface area contributed by atoms with E-state index in [0.717, 1.165) is 17.3 Å². The zero-order chi connectivity index (χ0) is 20.0. The molecular formula is C20H14F2N3NaO2S. The first-order valence-electron chi connectivity index (χ1n) is 8.37. The van der Waals surface area contributed by atoms with Crippen molar-refractivity contribution in [2.75, 3.05) is 0 Å². The molecule has 0 radical (unpaired) electrons. The fourth-order valence-electron chi connectivity index (χ4n) is 3.05. The normalized spacial score (nSPS) is 12.0. The summed E-state index contributed by atoms with van der Waals surface area (Å²) in [6.45, 7) is 3.76. The molecule has 0 fully saturated rings. The summed E-state index contributed by atoms with van der Waals surface area (Å²) in [6.07, 6.45) is 1.67. The van der Waals surface area contributed by atoms with Crippen LogP contribution < -0.4 is 29.6 Å². The standard InChI is InChI=1S/C20H15F2N3O2S.Na/c1-11-10-23-20-18(16-8-5-14(21)9-17(16)22)19(24-25(20)12(11)2)13-3-6-15(7-4-13)28(26)27;/h3-10H,1-2H3,(H,26,27);/q;+1/p-1. The Balaban J connectivity index is 0.00000240. The summed E-state index contributed by atoms with van der Waals surface area (Å²) >= 11 is -2.35. The quantitative estimate of drug-likeness (QED) is 0.368. The first kappa shape index (κ1) is 21.7. The molecule has 1 atom stereocenters. The number of hydrogen-bond donors (Lipinski definition) is 0. The molecule has 0 saturated carbocycles. The van der Waals surface area contributed by atoms with E-state index in [2.05, 4.69) is 10.1 Å². The van der Waals surface area contributed by atoms with Crippen LogP contribution in [0.1, 0.15) is 11.3 Å². The van der Waals surface area contributed by atoms with Gasteiger partial charge in [0.15, 0.2) is 5.65 Å². The van der Waals surface area contributed by atoms with Gasteiger partial charge in [-0.1, -0.05) is 12.1 Å². The van der Waals surface area contributed by atoms with E-state index in [1.807, 2.05) is 13.8 Å². The second-order valence-electron chi connectivity index (χ2n) is 6.37. The number of hydrogen-bond acceptors (Lipinski definition) is 4. The second kappa shape index (κ2) is 8.41. The maximum atomic E-state index is 14.6. The monoisotopic (exact) mass is 421 g/mol. The van der Waals surface area contributed by atoms with Crippen molar-refractivity contribution in [3.63, 3.8) is 0 Å². The van der Waals surface area contributed by atoms with Crippen LogP contribution in [0.15, 0.2) is 53.6 Å². The molecule has 0 spiro atoms. The van der Waals surface area contributed by atoms with Crippen LogP contribution in [0.5, 0.6) is 0 Å². The molecule has 0 N–H and O–H groups in total. The number of benzene rings is 2. The molecule has 0 amide bonds. The molecule has 0 aliphatic heterocycles. The average molecular weight is 421 g/mol. The number of fused-ring (bicyclic) bond motifs is 1. The zero-order valence-electron chi connectivity index (χ0n) is 15.9. The van der Waals surface area contributed by atoms with Crippen molar-refractivity contribution in [1.29, 1.82) is 0 Å². The van der Waals surface area contributed by atoms with Gasteiger partial charge < -0.3 is 4.55 Å². The Morgan fingerprint density at radius 1 is 1.07 bits per heavy atom. The van der Waals surface area contributed by atoms with Crippen LogP contribution in [0.3, 0.4) is 0 Å². The Morgan fingerprint density at radius 3 is 2.38 bits per heavy atom. The summed E-state index contributed by atoms with van der Waals surface area (Å²) in [6, 6.07) is 9.42. The van der Waals surface area contributed by atoms with Crippen molar-refractivity contribution < 1.29 is 47.1 Å². The molecule has 4 rings (SSSR count). The fraction of sp³-hybridized carbons (Fsp3) is 0.100. The first-order chi connectivity index (χ1) is 13.4. The van der Waals surface area contributed by atoms with Crippen LogP contribution >= 0.6 is 0 Å². The van der Waals surface area contributed by atoms with Gasteiger partial charge in [0.25, 0.3) is 0 Å². The average Bonchev–Trinajstić information content (AvgIpc) is 3.05. The molecule has 9 heteroatoms. The Hall–Kier alpha value is -1.97. The smallest absolute Gasteiger partial charge is 0.768 e. The fourth-order valence-corrected chi connectivity index (χ4v) is 3.41. The van der Waals surface area contributed by atoms with Crippen LogP contribution in [0.25, 0.3) is 28.0 Å². The number of aromatic nitrogens is 3. The van der Waals surface area contributed by atoms with E-state index < -0.39 is 22.7 Å². The van der Waals surface area contributed by atoms with Crippen LogP contribution in [0, 0.1) is 25.5 Å². The van der Waals surface area contributed by atoms with E-state index in [4.69, 9.17) is 0 Å². The molecule has 4 aromatic rings. The maximum absolute atomic E-state index is 14.6. The van der Waals surface area contributed by atoms with E-state index in [9.17, 15) is 17.5 Å². The molecule has 0 saturated heterocycles. The molecule has 2 heterocycles. The third-order valence-corrected chi connectivity index (χ3v) is 5.31. The topological polar surface area (TPSA) is 70.3 Å². The minimum atomic E-state index is -2.35. The summed E-state index contributed by atoms with van der Waals surface area (Å²) < 4.78 is 51.9. The Labute approximate surface area is 190 Å². The SMILES string of the molecule is Cc1cnc2c(-c3ccc(F)cc3F)c(-c3ccc(S(=O)[O-])cc3)nn2c1C.[Na+]. The summed E-state index contributed by atoms with van der Waals surface area (Å²) in [5.41, 5.74) is 3.77. The maximum Gasteiger partial charge on any atom is 1.00 e. The Morgan fingerprint density at radius 2 is 1.76 bits per heavy atom. The molecule has 0 bridgehead atoms. The largest absolute Gasteiger partial charge is 1.00 e. The predicted molar refractivity (Wildman–Crippen MR) is 100 cm³/mol. The molecule has 142 valence electrons. The van der Waals surface area contributed by atoms with Crippen LogP contribution in [0.4, 0.5) is 8.78 Å². The van der Waals surface area contributed by atoms with Gasteiger partial charge in [0.2, 0.25) is 0 Å². The van der Waals surface area contributed by atoms with E-state index in [0.29, 0.717) is 22.5 Å². The van der Waals surface area contributed by atoms with Gasteiger partial charge in [-0.3, -0.25) is 4.21 Å². The van der Waals surface area contributed by atoms with Crippen molar-refractivity contribution in [1.82, 2.24) is 14.6 Å². The molecule has 5 nitrogen and oxygen atoms in total. The van der Waals surface area contributed by atoms with Crippen molar-refractivity contribution in [2.24, 2.45) is 0 Å². The minimum absolute atomic E-state index is 0. The molecule has 0 aliphatic rings. The van der Waals surface area contributed by atoms with E-state index in [1.54, 1.807) is 22.8 Å². The first-order valence-corrected chi connectivity index (χ1v) is 9.44. The predicted octanol–water partition coefficient (Wildman–Crippen LogP) is 1.20. The molecule has 29 heavy (non-hydrogen) atoms. The molecule has 2 aromatic heterocycles. The van der Waals surface area contributed by atoms with Crippen molar-refractivity contribution >= 4 is 16.7 Å². The van der Waals surface area contributed by atoms with E-state index in [1.165, 1.54) is 24.3 Å². The number of halogens is 2. The molecule has 0 aliphatic carbocycles. The molecular weight excluding hydrogens is 407 g/mol. The van der Waals surface area contributed by atoms with Gasteiger partial charge in [-0.15, -0.1) is 0 Å². The van der Waals surface area contributed by atoms with Gasteiger partial charge in [0.1, 0.15) is 17.3 Å². The number of aryl methyl sites for hydroxylation is 2. The van der Waals surface area contributed by atoms with Crippen LogP contribution in [-0.4, -0.2) is 23.4 Å².